The third kappa shape index (κ3) is 3.12. The monoisotopic (exact) mass is 214 g/mol. The number of aliphatic hydroxyl groups excluding tert-OH is 1. The molecule has 0 aromatic heterocycles. The summed E-state index contributed by atoms with van der Waals surface area (Å²) in [6, 6.07) is 6.58. The van der Waals surface area contributed by atoms with Crippen molar-refractivity contribution in [3.63, 3.8) is 0 Å². The molecule has 0 saturated heterocycles. The van der Waals surface area contributed by atoms with Crippen molar-refractivity contribution >= 4 is 9.84 Å². The Bertz CT molecular complexity index is 390. The molecule has 4 heteroatoms. The van der Waals surface area contributed by atoms with E-state index in [2.05, 4.69) is 0 Å². The smallest absolute Gasteiger partial charge is 0.175 e. The Morgan fingerprint density at radius 1 is 1.29 bits per heavy atom. The highest BCUT2D eigenvalue weighted by atomic mass is 32.2. The Kier molecular flexibility index (Phi) is 3.29. The van der Waals surface area contributed by atoms with Gasteiger partial charge in [0.25, 0.3) is 0 Å². The Labute approximate surface area is 84.3 Å². The van der Waals surface area contributed by atoms with E-state index in [0.29, 0.717) is 11.3 Å². The molecule has 0 aliphatic heterocycles. The molecule has 3 nitrogen and oxygen atoms in total. The van der Waals surface area contributed by atoms with Crippen LogP contribution in [0.3, 0.4) is 0 Å². The lowest BCUT2D eigenvalue weighted by molar-refractivity contribution is 0.195. The highest BCUT2D eigenvalue weighted by molar-refractivity contribution is 7.90. The van der Waals surface area contributed by atoms with Gasteiger partial charge in [-0.05, 0) is 31.0 Å². The maximum absolute atomic E-state index is 11.1. The van der Waals surface area contributed by atoms with Gasteiger partial charge in [0.15, 0.2) is 9.84 Å². The topological polar surface area (TPSA) is 54.4 Å². The van der Waals surface area contributed by atoms with Crippen LogP contribution in [0, 0.1) is 0 Å². The third-order valence-electron chi connectivity index (χ3n) is 1.88. The lowest BCUT2D eigenvalue weighted by atomic mass is 10.1. The van der Waals surface area contributed by atoms with E-state index in [-0.39, 0.29) is 0 Å². The molecule has 1 aromatic rings. The number of aliphatic hydroxyl groups is 1. The lowest BCUT2D eigenvalue weighted by Gasteiger charge is -2.04. The summed E-state index contributed by atoms with van der Waals surface area (Å²) in [6.45, 7) is 1.70. The highest BCUT2D eigenvalue weighted by Crippen LogP contribution is 2.11. The lowest BCUT2D eigenvalue weighted by Crippen LogP contribution is -2.04. The zero-order valence-corrected chi connectivity index (χ0v) is 9.08. The highest BCUT2D eigenvalue weighted by Gasteiger charge is 2.06. The van der Waals surface area contributed by atoms with Crippen LogP contribution in [0.25, 0.3) is 0 Å². The number of hydrogen-bond donors (Lipinski definition) is 1. The fourth-order valence-electron chi connectivity index (χ4n) is 1.21. The van der Waals surface area contributed by atoms with Crippen LogP contribution in [0.15, 0.2) is 29.2 Å². The summed E-state index contributed by atoms with van der Waals surface area (Å²) < 4.78 is 22.2. The minimum Gasteiger partial charge on any atom is -0.393 e. The summed E-state index contributed by atoms with van der Waals surface area (Å²) >= 11 is 0. The van der Waals surface area contributed by atoms with Gasteiger partial charge in [0.05, 0.1) is 11.0 Å². The molecule has 0 amide bonds. The van der Waals surface area contributed by atoms with Crippen molar-refractivity contribution in [1.29, 1.82) is 0 Å². The van der Waals surface area contributed by atoms with Crippen LogP contribution in [0.5, 0.6) is 0 Å². The molecule has 0 radical (unpaired) electrons. The molecule has 78 valence electrons. The molecule has 0 heterocycles. The first-order valence-corrected chi connectivity index (χ1v) is 6.26. The van der Waals surface area contributed by atoms with Crippen LogP contribution in [0.1, 0.15) is 12.5 Å². The SMILES string of the molecule is CC(O)Cc1ccc(S(C)(=O)=O)cc1. The molecular weight excluding hydrogens is 200 g/mol. The molecule has 1 atom stereocenters. The Morgan fingerprint density at radius 3 is 2.14 bits per heavy atom. The second kappa shape index (κ2) is 4.11. The summed E-state index contributed by atoms with van der Waals surface area (Å²) in [5.41, 5.74) is 0.937. The van der Waals surface area contributed by atoms with Crippen LogP contribution in [0.2, 0.25) is 0 Å². The minimum absolute atomic E-state index is 0.312. The molecule has 1 unspecified atom stereocenters. The number of sulfone groups is 1. The first kappa shape index (κ1) is 11.2. The Hall–Kier alpha value is -0.870. The second-order valence-electron chi connectivity index (χ2n) is 3.47. The van der Waals surface area contributed by atoms with Crippen LogP contribution in [-0.4, -0.2) is 25.9 Å². The van der Waals surface area contributed by atoms with Gasteiger partial charge >= 0.3 is 0 Å². The number of benzene rings is 1. The van der Waals surface area contributed by atoms with Crippen molar-refractivity contribution in [1.82, 2.24) is 0 Å². The van der Waals surface area contributed by atoms with Crippen molar-refractivity contribution in [2.75, 3.05) is 6.26 Å². The summed E-state index contributed by atoms with van der Waals surface area (Å²) in [4.78, 5) is 0.312. The molecule has 1 aromatic carbocycles. The van der Waals surface area contributed by atoms with Crippen LogP contribution < -0.4 is 0 Å². The first-order valence-electron chi connectivity index (χ1n) is 4.36. The first-order chi connectivity index (χ1) is 6.39. The summed E-state index contributed by atoms with van der Waals surface area (Å²) in [7, 11) is -3.11. The average Bonchev–Trinajstić information content (AvgIpc) is 2.02. The van der Waals surface area contributed by atoms with Crippen molar-refractivity contribution < 1.29 is 13.5 Å². The van der Waals surface area contributed by atoms with Gasteiger partial charge in [-0.1, -0.05) is 12.1 Å². The second-order valence-corrected chi connectivity index (χ2v) is 5.48. The van der Waals surface area contributed by atoms with E-state index in [1.807, 2.05) is 0 Å². The summed E-state index contributed by atoms with van der Waals surface area (Å²) in [5, 5.41) is 9.12. The maximum Gasteiger partial charge on any atom is 0.175 e. The molecule has 14 heavy (non-hydrogen) atoms. The molecular formula is C10H14O3S. The van der Waals surface area contributed by atoms with Crippen molar-refractivity contribution in [2.24, 2.45) is 0 Å². The van der Waals surface area contributed by atoms with Gasteiger partial charge in [0.2, 0.25) is 0 Å². The van der Waals surface area contributed by atoms with E-state index >= 15 is 0 Å². The maximum atomic E-state index is 11.1. The van der Waals surface area contributed by atoms with Gasteiger partial charge < -0.3 is 5.11 Å². The molecule has 1 rings (SSSR count). The van der Waals surface area contributed by atoms with E-state index in [9.17, 15) is 8.42 Å². The van der Waals surface area contributed by atoms with Crippen molar-refractivity contribution in [3.05, 3.63) is 29.8 Å². The van der Waals surface area contributed by atoms with Crippen LogP contribution in [0.4, 0.5) is 0 Å². The summed E-state index contributed by atoms with van der Waals surface area (Å²) in [6.07, 6.45) is 1.32. The van der Waals surface area contributed by atoms with Gasteiger partial charge in [-0.25, -0.2) is 8.42 Å². The quantitative estimate of drug-likeness (QED) is 0.817. The molecule has 0 bridgehead atoms. The zero-order chi connectivity index (χ0) is 10.8. The van der Waals surface area contributed by atoms with E-state index in [1.54, 1.807) is 31.2 Å². The Balaban J connectivity index is 2.90. The van der Waals surface area contributed by atoms with E-state index in [4.69, 9.17) is 5.11 Å². The van der Waals surface area contributed by atoms with E-state index in [0.717, 1.165) is 5.56 Å². The fourth-order valence-corrected chi connectivity index (χ4v) is 1.84. The van der Waals surface area contributed by atoms with Gasteiger partial charge in [0.1, 0.15) is 0 Å². The number of hydrogen-bond acceptors (Lipinski definition) is 3. The average molecular weight is 214 g/mol. The van der Waals surface area contributed by atoms with Crippen molar-refractivity contribution in [3.8, 4) is 0 Å². The van der Waals surface area contributed by atoms with Gasteiger partial charge in [-0.2, -0.15) is 0 Å². The van der Waals surface area contributed by atoms with Gasteiger partial charge in [-0.3, -0.25) is 0 Å². The van der Waals surface area contributed by atoms with Crippen molar-refractivity contribution in [2.45, 2.75) is 24.3 Å². The van der Waals surface area contributed by atoms with Gasteiger partial charge in [-0.15, -0.1) is 0 Å². The molecule has 0 fully saturated rings. The standard InChI is InChI=1S/C10H14O3S/c1-8(11)7-9-3-5-10(6-4-9)14(2,12)13/h3-6,8,11H,7H2,1-2H3. The van der Waals surface area contributed by atoms with Crippen LogP contribution >= 0.6 is 0 Å². The predicted octanol–water partition coefficient (Wildman–Crippen LogP) is 1.01. The van der Waals surface area contributed by atoms with Gasteiger partial charge in [0, 0.05) is 6.26 Å². The largest absolute Gasteiger partial charge is 0.393 e. The normalized spacial score (nSPS) is 13.9. The predicted molar refractivity (Wildman–Crippen MR) is 54.9 cm³/mol. The molecule has 1 N–H and O–H groups in total. The summed E-state index contributed by atoms with van der Waals surface area (Å²) in [5.74, 6) is 0. The van der Waals surface area contributed by atoms with E-state index < -0.39 is 15.9 Å². The fraction of sp³-hybridized carbons (Fsp3) is 0.400. The minimum atomic E-state index is -3.11. The molecule has 0 saturated carbocycles. The molecule has 0 spiro atoms. The third-order valence-corrected chi connectivity index (χ3v) is 3.01. The molecule has 0 aliphatic rings. The van der Waals surface area contributed by atoms with E-state index in [1.165, 1.54) is 6.26 Å². The zero-order valence-electron chi connectivity index (χ0n) is 8.27. The molecule has 0 aliphatic carbocycles. The number of rotatable bonds is 3. The van der Waals surface area contributed by atoms with Crippen LogP contribution in [-0.2, 0) is 16.3 Å². The Morgan fingerprint density at radius 2 is 1.79 bits per heavy atom.